The van der Waals surface area contributed by atoms with Gasteiger partial charge in [-0.15, -0.1) is 0 Å². The summed E-state index contributed by atoms with van der Waals surface area (Å²) in [4.78, 5) is 0. The molecule has 2 aromatic rings. The highest BCUT2D eigenvalue weighted by molar-refractivity contribution is 6.30. The van der Waals surface area contributed by atoms with Crippen molar-refractivity contribution in [2.24, 2.45) is 0 Å². The lowest BCUT2D eigenvalue weighted by Crippen LogP contribution is -1.97. The molecule has 0 aromatic heterocycles. The van der Waals surface area contributed by atoms with Gasteiger partial charge in [-0.2, -0.15) is 0 Å². The Hall–Kier alpha value is -1.95. The van der Waals surface area contributed by atoms with Crippen LogP contribution in [0.25, 0.3) is 0 Å². The Bertz CT molecular complexity index is 611. The molecule has 0 saturated heterocycles. The molecule has 0 fully saturated rings. The molecule has 3 heteroatoms. The second-order valence-electron chi connectivity index (χ2n) is 3.87. The van der Waals surface area contributed by atoms with E-state index in [0.717, 1.165) is 11.1 Å². The quantitative estimate of drug-likeness (QED) is 0.869. The van der Waals surface area contributed by atoms with E-state index in [4.69, 9.17) is 21.4 Å². The molecule has 1 N–H and O–H groups in total. The molecule has 96 valence electrons. The van der Waals surface area contributed by atoms with Crippen molar-refractivity contribution in [3.05, 3.63) is 64.7 Å². The van der Waals surface area contributed by atoms with Gasteiger partial charge in [0.2, 0.25) is 0 Å². The van der Waals surface area contributed by atoms with Crippen LogP contribution in [0.1, 0.15) is 11.1 Å². The lowest BCUT2D eigenvalue weighted by Gasteiger charge is -2.08. The predicted octanol–water partition coefficient (Wildman–Crippen LogP) is 3.26. The summed E-state index contributed by atoms with van der Waals surface area (Å²) < 4.78 is 5.73. The average Bonchev–Trinajstić information content (AvgIpc) is 2.44. The Labute approximate surface area is 117 Å². The molecule has 2 rings (SSSR count). The van der Waals surface area contributed by atoms with Gasteiger partial charge < -0.3 is 9.84 Å². The Morgan fingerprint density at radius 3 is 2.74 bits per heavy atom. The summed E-state index contributed by atoms with van der Waals surface area (Å²) in [6, 6.07) is 15.0. The fourth-order valence-electron chi connectivity index (χ4n) is 1.62. The van der Waals surface area contributed by atoms with E-state index in [0.29, 0.717) is 17.4 Å². The average molecular weight is 273 g/mol. The number of halogens is 1. The number of aliphatic hydroxyl groups excluding tert-OH is 1. The van der Waals surface area contributed by atoms with Crippen molar-refractivity contribution in [1.82, 2.24) is 0 Å². The molecule has 0 heterocycles. The maximum absolute atomic E-state index is 8.73. The van der Waals surface area contributed by atoms with Crippen molar-refractivity contribution in [2.75, 3.05) is 6.61 Å². The van der Waals surface area contributed by atoms with Crippen LogP contribution in [0.3, 0.4) is 0 Å². The van der Waals surface area contributed by atoms with Crippen molar-refractivity contribution >= 4 is 11.6 Å². The van der Waals surface area contributed by atoms with Crippen LogP contribution in [0.15, 0.2) is 48.5 Å². The summed E-state index contributed by atoms with van der Waals surface area (Å²) in [5.74, 6) is 6.17. The highest BCUT2D eigenvalue weighted by Gasteiger charge is 2.01. The highest BCUT2D eigenvalue weighted by atomic mass is 35.5. The van der Waals surface area contributed by atoms with Gasteiger partial charge in [0.1, 0.15) is 19.0 Å². The zero-order valence-electron chi connectivity index (χ0n) is 10.3. The molecule has 0 amide bonds. The van der Waals surface area contributed by atoms with E-state index in [2.05, 4.69) is 11.8 Å². The summed E-state index contributed by atoms with van der Waals surface area (Å²) in [6.07, 6.45) is 0. The largest absolute Gasteiger partial charge is 0.488 e. The first kappa shape index (κ1) is 13.5. The molecule has 0 radical (unpaired) electrons. The third-order valence-electron chi connectivity index (χ3n) is 2.47. The van der Waals surface area contributed by atoms with Gasteiger partial charge in [0.25, 0.3) is 0 Å². The lowest BCUT2D eigenvalue weighted by atomic mass is 10.2. The van der Waals surface area contributed by atoms with Gasteiger partial charge in [-0.3, -0.25) is 0 Å². The maximum atomic E-state index is 8.73. The molecule has 2 aromatic carbocycles. The Morgan fingerprint density at radius 1 is 1.11 bits per heavy atom. The minimum absolute atomic E-state index is 0.164. The Kier molecular flexibility index (Phi) is 4.85. The second kappa shape index (κ2) is 6.84. The zero-order chi connectivity index (χ0) is 13.5. The first-order chi connectivity index (χ1) is 9.29. The van der Waals surface area contributed by atoms with Crippen LogP contribution < -0.4 is 4.74 Å². The van der Waals surface area contributed by atoms with E-state index in [9.17, 15) is 0 Å². The minimum atomic E-state index is -0.164. The van der Waals surface area contributed by atoms with E-state index in [1.54, 1.807) is 0 Å². The minimum Gasteiger partial charge on any atom is -0.488 e. The van der Waals surface area contributed by atoms with Gasteiger partial charge in [-0.1, -0.05) is 47.7 Å². The zero-order valence-corrected chi connectivity index (χ0v) is 11.0. The van der Waals surface area contributed by atoms with Gasteiger partial charge in [-0.05, 0) is 29.8 Å². The maximum Gasteiger partial charge on any atom is 0.135 e. The van der Waals surface area contributed by atoms with Crippen LogP contribution >= 0.6 is 11.6 Å². The van der Waals surface area contributed by atoms with E-state index < -0.39 is 0 Å². The van der Waals surface area contributed by atoms with Gasteiger partial charge in [-0.25, -0.2) is 0 Å². The molecule has 0 atom stereocenters. The van der Waals surface area contributed by atoms with Gasteiger partial charge >= 0.3 is 0 Å². The molecule has 0 aliphatic heterocycles. The van der Waals surface area contributed by atoms with Gasteiger partial charge in [0.05, 0.1) is 5.56 Å². The monoisotopic (exact) mass is 272 g/mol. The third kappa shape index (κ3) is 4.03. The standard InChI is InChI=1S/C16H13ClO2/c17-15-8-3-5-13(11-15)12-19-16-9-2-1-6-14(16)7-4-10-18/h1-3,5-6,8-9,11,18H,10,12H2. The van der Waals surface area contributed by atoms with Gasteiger partial charge in [0.15, 0.2) is 0 Å². The van der Waals surface area contributed by atoms with Crippen LogP contribution in [0, 0.1) is 11.8 Å². The molecule has 0 saturated carbocycles. The van der Waals surface area contributed by atoms with Crippen molar-refractivity contribution in [2.45, 2.75) is 6.61 Å². The van der Waals surface area contributed by atoms with Crippen molar-refractivity contribution in [3.63, 3.8) is 0 Å². The first-order valence-corrected chi connectivity index (χ1v) is 6.23. The lowest BCUT2D eigenvalue weighted by molar-refractivity contribution is 0.305. The number of hydrogen-bond acceptors (Lipinski definition) is 2. The molecule has 2 nitrogen and oxygen atoms in total. The summed E-state index contributed by atoms with van der Waals surface area (Å²) in [5, 5.41) is 9.42. The molecule has 0 bridgehead atoms. The van der Waals surface area contributed by atoms with Crippen molar-refractivity contribution in [1.29, 1.82) is 0 Å². The summed E-state index contributed by atoms with van der Waals surface area (Å²) >= 11 is 5.92. The number of ether oxygens (including phenoxy) is 1. The van der Waals surface area contributed by atoms with Crippen LogP contribution in [0.4, 0.5) is 0 Å². The Morgan fingerprint density at radius 2 is 1.95 bits per heavy atom. The normalized spacial score (nSPS) is 9.58. The topological polar surface area (TPSA) is 29.5 Å². The van der Waals surface area contributed by atoms with E-state index in [1.165, 1.54) is 0 Å². The molecular weight excluding hydrogens is 260 g/mol. The summed E-state index contributed by atoms with van der Waals surface area (Å²) in [6.45, 7) is 0.265. The van der Waals surface area contributed by atoms with Crippen molar-refractivity contribution in [3.8, 4) is 17.6 Å². The van der Waals surface area contributed by atoms with Crippen LogP contribution in [0.2, 0.25) is 5.02 Å². The SMILES string of the molecule is OCC#Cc1ccccc1OCc1cccc(Cl)c1. The molecule has 0 aliphatic rings. The van der Waals surface area contributed by atoms with Crippen molar-refractivity contribution < 1.29 is 9.84 Å². The Balaban J connectivity index is 2.11. The predicted molar refractivity (Wildman–Crippen MR) is 76.2 cm³/mol. The van der Waals surface area contributed by atoms with E-state index in [1.807, 2.05) is 48.5 Å². The molecule has 0 unspecified atom stereocenters. The fraction of sp³-hybridized carbons (Fsp3) is 0.125. The number of rotatable bonds is 3. The number of benzene rings is 2. The number of aliphatic hydroxyl groups is 1. The number of hydrogen-bond donors (Lipinski definition) is 1. The first-order valence-electron chi connectivity index (χ1n) is 5.85. The fourth-order valence-corrected chi connectivity index (χ4v) is 1.83. The van der Waals surface area contributed by atoms with Crippen LogP contribution in [0.5, 0.6) is 5.75 Å². The smallest absolute Gasteiger partial charge is 0.135 e. The summed E-state index contributed by atoms with van der Waals surface area (Å²) in [7, 11) is 0. The van der Waals surface area contributed by atoms with Crippen LogP contribution in [-0.2, 0) is 6.61 Å². The molecule has 0 spiro atoms. The van der Waals surface area contributed by atoms with E-state index >= 15 is 0 Å². The third-order valence-corrected chi connectivity index (χ3v) is 2.71. The number of para-hydroxylation sites is 1. The summed E-state index contributed by atoms with van der Waals surface area (Å²) in [5.41, 5.74) is 1.76. The van der Waals surface area contributed by atoms with Crippen LogP contribution in [-0.4, -0.2) is 11.7 Å². The van der Waals surface area contributed by atoms with Gasteiger partial charge in [0, 0.05) is 5.02 Å². The second-order valence-corrected chi connectivity index (χ2v) is 4.31. The highest BCUT2D eigenvalue weighted by Crippen LogP contribution is 2.19. The molecule has 19 heavy (non-hydrogen) atoms. The molecular formula is C16H13ClO2. The molecule has 0 aliphatic carbocycles. The van der Waals surface area contributed by atoms with E-state index in [-0.39, 0.29) is 6.61 Å².